The van der Waals surface area contributed by atoms with Crippen molar-refractivity contribution in [3.63, 3.8) is 0 Å². The fourth-order valence-electron chi connectivity index (χ4n) is 3.81. The van der Waals surface area contributed by atoms with Gasteiger partial charge >= 0.3 is 0 Å². The van der Waals surface area contributed by atoms with E-state index in [0.717, 1.165) is 49.1 Å². The molecule has 2 atom stereocenters. The lowest BCUT2D eigenvalue weighted by atomic mass is 9.96. The molecule has 2 aromatic rings. The van der Waals surface area contributed by atoms with Crippen molar-refractivity contribution in [3.05, 3.63) is 68.7 Å². The molecule has 29 heavy (non-hydrogen) atoms. The molecule has 2 heterocycles. The van der Waals surface area contributed by atoms with Gasteiger partial charge in [-0.05, 0) is 84.3 Å². The SMILES string of the molecule is C[C@H]1CNCCc2ccc(Cl)cc21.C[C@H]1CNCCc2ccc(Cl)cc21.Cl.O.O. The first-order valence-electron chi connectivity index (χ1n) is 9.52. The van der Waals surface area contributed by atoms with Crippen LogP contribution in [0.3, 0.4) is 0 Å². The maximum atomic E-state index is 5.97. The highest BCUT2D eigenvalue weighted by atomic mass is 35.5. The molecule has 2 aliphatic heterocycles. The van der Waals surface area contributed by atoms with Gasteiger partial charge in [-0.1, -0.05) is 49.2 Å². The zero-order valence-corrected chi connectivity index (χ0v) is 19.4. The topological polar surface area (TPSA) is 87.1 Å². The Balaban J connectivity index is 0.000000490. The van der Waals surface area contributed by atoms with E-state index in [4.69, 9.17) is 23.2 Å². The highest BCUT2D eigenvalue weighted by Crippen LogP contribution is 2.26. The second-order valence-corrected chi connectivity index (χ2v) is 8.27. The zero-order chi connectivity index (χ0) is 18.5. The molecule has 7 heteroatoms. The molecule has 0 aromatic heterocycles. The van der Waals surface area contributed by atoms with Crippen molar-refractivity contribution < 1.29 is 11.0 Å². The summed E-state index contributed by atoms with van der Waals surface area (Å²) in [5.74, 6) is 1.16. The third-order valence-electron chi connectivity index (χ3n) is 5.32. The van der Waals surface area contributed by atoms with E-state index in [1.807, 2.05) is 12.1 Å². The normalized spacial score (nSPS) is 19.9. The van der Waals surface area contributed by atoms with Crippen molar-refractivity contribution in [2.24, 2.45) is 0 Å². The number of hydrogen-bond donors (Lipinski definition) is 2. The van der Waals surface area contributed by atoms with Crippen molar-refractivity contribution in [3.8, 4) is 0 Å². The van der Waals surface area contributed by atoms with Crippen LogP contribution in [-0.2, 0) is 12.8 Å². The van der Waals surface area contributed by atoms with Crippen molar-refractivity contribution >= 4 is 35.6 Å². The Morgan fingerprint density at radius 1 is 0.724 bits per heavy atom. The van der Waals surface area contributed by atoms with Gasteiger partial charge in [0.2, 0.25) is 0 Å². The van der Waals surface area contributed by atoms with E-state index < -0.39 is 0 Å². The van der Waals surface area contributed by atoms with Crippen LogP contribution in [0, 0.1) is 0 Å². The molecule has 0 bridgehead atoms. The average molecular weight is 464 g/mol. The lowest BCUT2D eigenvalue weighted by Crippen LogP contribution is -2.18. The zero-order valence-electron chi connectivity index (χ0n) is 17.0. The molecule has 0 radical (unpaired) electrons. The number of benzene rings is 2. The molecule has 4 nitrogen and oxygen atoms in total. The predicted molar refractivity (Wildman–Crippen MR) is 127 cm³/mol. The van der Waals surface area contributed by atoms with Gasteiger partial charge in [-0.2, -0.15) is 0 Å². The van der Waals surface area contributed by atoms with E-state index in [1.165, 1.54) is 22.3 Å². The molecular formula is C22H33Cl3N2O2. The minimum atomic E-state index is 0. The first-order valence-corrected chi connectivity index (χ1v) is 10.3. The van der Waals surface area contributed by atoms with Crippen LogP contribution >= 0.6 is 35.6 Å². The Kier molecular flexibility index (Phi) is 13.1. The smallest absolute Gasteiger partial charge is 0.0409 e. The van der Waals surface area contributed by atoms with Crippen molar-refractivity contribution in [2.75, 3.05) is 26.2 Å². The molecule has 4 rings (SSSR count). The van der Waals surface area contributed by atoms with Gasteiger partial charge in [0.1, 0.15) is 0 Å². The van der Waals surface area contributed by atoms with Crippen LogP contribution in [0.4, 0.5) is 0 Å². The molecular weight excluding hydrogens is 431 g/mol. The largest absolute Gasteiger partial charge is 0.412 e. The summed E-state index contributed by atoms with van der Waals surface area (Å²) in [5.41, 5.74) is 5.72. The molecule has 6 N–H and O–H groups in total. The highest BCUT2D eigenvalue weighted by molar-refractivity contribution is 6.30. The lowest BCUT2D eigenvalue weighted by Gasteiger charge is -2.11. The van der Waals surface area contributed by atoms with Gasteiger partial charge in [-0.15, -0.1) is 12.4 Å². The quantitative estimate of drug-likeness (QED) is 0.619. The van der Waals surface area contributed by atoms with E-state index >= 15 is 0 Å². The van der Waals surface area contributed by atoms with Gasteiger partial charge in [-0.3, -0.25) is 0 Å². The minimum absolute atomic E-state index is 0. The summed E-state index contributed by atoms with van der Waals surface area (Å²) in [6, 6.07) is 12.5. The molecule has 0 saturated heterocycles. The summed E-state index contributed by atoms with van der Waals surface area (Å²) in [6.07, 6.45) is 2.24. The van der Waals surface area contributed by atoms with Crippen LogP contribution in [0.15, 0.2) is 36.4 Å². The molecule has 0 spiro atoms. The van der Waals surface area contributed by atoms with Crippen molar-refractivity contribution in [2.45, 2.75) is 38.5 Å². The maximum Gasteiger partial charge on any atom is 0.0409 e. The van der Waals surface area contributed by atoms with E-state index in [0.29, 0.717) is 11.8 Å². The van der Waals surface area contributed by atoms with Crippen molar-refractivity contribution in [1.82, 2.24) is 10.6 Å². The van der Waals surface area contributed by atoms with Gasteiger partial charge < -0.3 is 21.6 Å². The molecule has 164 valence electrons. The summed E-state index contributed by atoms with van der Waals surface area (Å²) in [5, 5.41) is 8.55. The van der Waals surface area contributed by atoms with Gasteiger partial charge in [0.15, 0.2) is 0 Å². The van der Waals surface area contributed by atoms with E-state index in [-0.39, 0.29) is 23.4 Å². The van der Waals surface area contributed by atoms with Crippen LogP contribution in [0.25, 0.3) is 0 Å². The van der Waals surface area contributed by atoms with E-state index in [2.05, 4.69) is 48.7 Å². The van der Waals surface area contributed by atoms with Crippen LogP contribution in [0.1, 0.15) is 47.9 Å². The Labute approximate surface area is 190 Å². The molecule has 0 fully saturated rings. The van der Waals surface area contributed by atoms with Crippen molar-refractivity contribution in [1.29, 1.82) is 0 Å². The minimum Gasteiger partial charge on any atom is -0.412 e. The van der Waals surface area contributed by atoms with E-state index in [9.17, 15) is 0 Å². The second-order valence-electron chi connectivity index (χ2n) is 7.40. The number of rotatable bonds is 0. The van der Waals surface area contributed by atoms with Crippen LogP contribution < -0.4 is 10.6 Å². The number of fused-ring (bicyclic) bond motifs is 2. The molecule has 2 aromatic carbocycles. The van der Waals surface area contributed by atoms with Gasteiger partial charge in [0, 0.05) is 23.1 Å². The van der Waals surface area contributed by atoms with Crippen LogP contribution in [0.5, 0.6) is 0 Å². The third kappa shape index (κ3) is 7.72. The Bertz CT molecular complexity index is 695. The second kappa shape index (κ2) is 13.5. The fourth-order valence-corrected chi connectivity index (χ4v) is 4.17. The van der Waals surface area contributed by atoms with Crippen LogP contribution in [-0.4, -0.2) is 37.1 Å². The Hall–Kier alpha value is -0.850. The predicted octanol–water partition coefficient (Wildman–Crippen LogP) is 3.95. The molecule has 0 aliphatic carbocycles. The maximum absolute atomic E-state index is 5.97. The first kappa shape index (κ1) is 28.1. The monoisotopic (exact) mass is 462 g/mol. The number of nitrogens with one attached hydrogen (secondary N) is 2. The average Bonchev–Trinajstić information content (AvgIpc) is 2.92. The number of halogens is 3. The molecule has 0 unspecified atom stereocenters. The summed E-state index contributed by atoms with van der Waals surface area (Å²) in [6.45, 7) is 8.78. The summed E-state index contributed by atoms with van der Waals surface area (Å²) < 4.78 is 0. The van der Waals surface area contributed by atoms with Gasteiger partial charge in [0.05, 0.1) is 0 Å². The summed E-state index contributed by atoms with van der Waals surface area (Å²) in [7, 11) is 0. The van der Waals surface area contributed by atoms with Gasteiger partial charge in [0.25, 0.3) is 0 Å². The number of hydrogen-bond acceptors (Lipinski definition) is 2. The molecule has 2 aliphatic rings. The highest BCUT2D eigenvalue weighted by Gasteiger charge is 2.15. The van der Waals surface area contributed by atoms with Gasteiger partial charge in [-0.25, -0.2) is 0 Å². The lowest BCUT2D eigenvalue weighted by molar-refractivity contribution is 0.644. The first-order chi connectivity index (χ1) is 12.5. The van der Waals surface area contributed by atoms with E-state index in [1.54, 1.807) is 0 Å². The fraction of sp³-hybridized carbons (Fsp3) is 0.455. The summed E-state index contributed by atoms with van der Waals surface area (Å²) >= 11 is 11.9. The molecule has 0 saturated carbocycles. The molecule has 0 amide bonds. The third-order valence-corrected chi connectivity index (χ3v) is 5.79. The standard InChI is InChI=1S/2C11H14ClN.ClH.2H2O/c2*1-8-7-13-5-4-9-2-3-10(12)6-11(8)9;;;/h2*2-3,6,8,13H,4-5,7H2,1H3;1H;2*1H2/t2*8-;;;/m00.../s1. The van der Waals surface area contributed by atoms with Crippen LogP contribution in [0.2, 0.25) is 10.0 Å². The Morgan fingerprint density at radius 2 is 1.10 bits per heavy atom. The summed E-state index contributed by atoms with van der Waals surface area (Å²) in [4.78, 5) is 0. The Morgan fingerprint density at radius 3 is 1.48 bits per heavy atom.